The molecule has 0 rings (SSSR count). The first kappa shape index (κ1) is 13.4. The molecule has 0 aliphatic carbocycles. The van der Waals surface area contributed by atoms with Crippen molar-refractivity contribution >= 4 is 5.91 Å². The van der Waals surface area contributed by atoms with Crippen molar-refractivity contribution < 1.29 is 4.79 Å². The summed E-state index contributed by atoms with van der Waals surface area (Å²) in [5.41, 5.74) is 11.0. The van der Waals surface area contributed by atoms with Crippen molar-refractivity contribution in [1.82, 2.24) is 5.32 Å². The van der Waals surface area contributed by atoms with Crippen molar-refractivity contribution in [2.24, 2.45) is 11.5 Å². The van der Waals surface area contributed by atoms with Crippen LogP contribution in [0.3, 0.4) is 0 Å². The number of amides is 1. The van der Waals surface area contributed by atoms with Crippen LogP contribution in [0.2, 0.25) is 0 Å². The maximum Gasteiger partial charge on any atom is 0.236 e. The Morgan fingerprint density at radius 1 is 1.36 bits per heavy atom. The van der Waals surface area contributed by atoms with Crippen molar-refractivity contribution in [2.45, 2.75) is 45.1 Å². The number of nitrogens with two attached hydrogens (primary N) is 2. The van der Waals surface area contributed by atoms with Crippen molar-refractivity contribution in [2.75, 3.05) is 13.1 Å². The Hall–Kier alpha value is -0.610. The SMILES string of the molecule is CCCCCNC(=O)[C@@H](N)CCCN. The number of carbonyl (C=O) groups excluding carboxylic acids is 1. The lowest BCUT2D eigenvalue weighted by Gasteiger charge is -2.11. The lowest BCUT2D eigenvalue weighted by atomic mass is 10.1. The zero-order valence-corrected chi connectivity index (χ0v) is 9.09. The Labute approximate surface area is 86.4 Å². The van der Waals surface area contributed by atoms with Gasteiger partial charge in [0.15, 0.2) is 0 Å². The van der Waals surface area contributed by atoms with E-state index in [0.717, 1.165) is 32.2 Å². The molecule has 0 fully saturated rings. The maximum absolute atomic E-state index is 11.3. The summed E-state index contributed by atoms with van der Waals surface area (Å²) in [4.78, 5) is 11.3. The minimum absolute atomic E-state index is 0.0467. The third-order valence-corrected chi connectivity index (χ3v) is 2.14. The van der Waals surface area contributed by atoms with Gasteiger partial charge in [-0.05, 0) is 25.8 Å². The summed E-state index contributed by atoms with van der Waals surface area (Å²) in [6, 6.07) is -0.389. The van der Waals surface area contributed by atoms with E-state index in [1.165, 1.54) is 0 Å². The smallest absolute Gasteiger partial charge is 0.236 e. The summed E-state index contributed by atoms with van der Waals surface area (Å²) in [5, 5.41) is 2.82. The molecule has 0 aromatic carbocycles. The molecule has 5 N–H and O–H groups in total. The second-order valence-corrected chi connectivity index (χ2v) is 3.54. The highest BCUT2D eigenvalue weighted by Gasteiger charge is 2.11. The Morgan fingerprint density at radius 2 is 2.07 bits per heavy atom. The third kappa shape index (κ3) is 6.86. The molecule has 84 valence electrons. The average molecular weight is 201 g/mol. The molecule has 0 saturated carbocycles. The number of carbonyl (C=O) groups is 1. The first-order chi connectivity index (χ1) is 6.72. The molecule has 0 saturated heterocycles. The summed E-state index contributed by atoms with van der Waals surface area (Å²) < 4.78 is 0. The van der Waals surface area contributed by atoms with Crippen molar-refractivity contribution in [3.63, 3.8) is 0 Å². The van der Waals surface area contributed by atoms with Crippen molar-refractivity contribution in [3.8, 4) is 0 Å². The number of hydrogen-bond donors (Lipinski definition) is 3. The van der Waals surface area contributed by atoms with E-state index in [4.69, 9.17) is 11.5 Å². The molecule has 1 atom stereocenters. The van der Waals surface area contributed by atoms with Gasteiger partial charge in [0.05, 0.1) is 6.04 Å². The van der Waals surface area contributed by atoms with Crippen LogP contribution >= 0.6 is 0 Å². The molecule has 4 heteroatoms. The zero-order valence-electron chi connectivity index (χ0n) is 9.09. The van der Waals surface area contributed by atoms with Gasteiger partial charge in [0.2, 0.25) is 5.91 Å². The molecule has 1 amide bonds. The molecule has 0 heterocycles. The normalized spacial score (nSPS) is 12.5. The van der Waals surface area contributed by atoms with Gasteiger partial charge < -0.3 is 16.8 Å². The van der Waals surface area contributed by atoms with Crippen LogP contribution in [0.25, 0.3) is 0 Å². The molecule has 0 spiro atoms. The molecule has 0 bridgehead atoms. The number of hydrogen-bond acceptors (Lipinski definition) is 3. The fourth-order valence-electron chi connectivity index (χ4n) is 1.19. The summed E-state index contributed by atoms with van der Waals surface area (Å²) in [6.45, 7) is 3.47. The van der Waals surface area contributed by atoms with E-state index in [1.54, 1.807) is 0 Å². The highest BCUT2D eigenvalue weighted by atomic mass is 16.2. The molecule has 14 heavy (non-hydrogen) atoms. The topological polar surface area (TPSA) is 81.1 Å². The Bertz CT molecular complexity index is 150. The third-order valence-electron chi connectivity index (χ3n) is 2.14. The zero-order chi connectivity index (χ0) is 10.8. The van der Waals surface area contributed by atoms with Gasteiger partial charge in [0.1, 0.15) is 0 Å². The summed E-state index contributed by atoms with van der Waals surface area (Å²) in [7, 11) is 0. The van der Waals surface area contributed by atoms with Crippen LogP contribution in [-0.4, -0.2) is 25.0 Å². The molecule has 0 aromatic rings. The average Bonchev–Trinajstić information content (AvgIpc) is 2.20. The highest BCUT2D eigenvalue weighted by molar-refractivity contribution is 5.81. The van der Waals surface area contributed by atoms with E-state index in [0.29, 0.717) is 13.0 Å². The van der Waals surface area contributed by atoms with Gasteiger partial charge in [-0.1, -0.05) is 19.8 Å². The predicted octanol–water partition coefficient (Wildman–Crippen LogP) is 0.359. The Balaban J connectivity index is 3.42. The lowest BCUT2D eigenvalue weighted by molar-refractivity contribution is -0.122. The molecule has 0 aromatic heterocycles. The minimum atomic E-state index is -0.389. The van der Waals surface area contributed by atoms with E-state index in [9.17, 15) is 4.79 Å². The fraction of sp³-hybridized carbons (Fsp3) is 0.900. The van der Waals surface area contributed by atoms with E-state index in [2.05, 4.69) is 12.2 Å². The summed E-state index contributed by atoms with van der Waals surface area (Å²) >= 11 is 0. The standard InChI is InChI=1S/C10H23N3O/c1-2-3-4-8-13-10(14)9(12)6-5-7-11/h9H,2-8,11-12H2,1H3,(H,13,14)/t9-/m0/s1. The number of unbranched alkanes of at least 4 members (excludes halogenated alkanes) is 2. The monoisotopic (exact) mass is 201 g/mol. The van der Waals surface area contributed by atoms with Crippen LogP contribution in [0.15, 0.2) is 0 Å². The van der Waals surface area contributed by atoms with Crippen LogP contribution in [0.5, 0.6) is 0 Å². The Kier molecular flexibility index (Phi) is 8.57. The summed E-state index contributed by atoms with van der Waals surface area (Å²) in [5.74, 6) is -0.0467. The molecule has 0 aliphatic heterocycles. The van der Waals surface area contributed by atoms with Crippen LogP contribution in [0.4, 0.5) is 0 Å². The first-order valence-electron chi connectivity index (χ1n) is 5.45. The minimum Gasteiger partial charge on any atom is -0.355 e. The van der Waals surface area contributed by atoms with Crippen LogP contribution in [-0.2, 0) is 4.79 Å². The van der Waals surface area contributed by atoms with E-state index in [1.807, 2.05) is 0 Å². The summed E-state index contributed by atoms with van der Waals surface area (Å²) in [6.07, 6.45) is 4.83. The number of rotatable bonds is 8. The van der Waals surface area contributed by atoms with Crippen molar-refractivity contribution in [3.05, 3.63) is 0 Å². The molecular formula is C10H23N3O. The quantitative estimate of drug-likeness (QED) is 0.496. The van der Waals surface area contributed by atoms with Gasteiger partial charge in [-0.25, -0.2) is 0 Å². The van der Waals surface area contributed by atoms with E-state index in [-0.39, 0.29) is 11.9 Å². The van der Waals surface area contributed by atoms with E-state index < -0.39 is 0 Å². The molecule has 0 aliphatic rings. The van der Waals surface area contributed by atoms with Crippen LogP contribution in [0, 0.1) is 0 Å². The predicted molar refractivity (Wildman–Crippen MR) is 58.8 cm³/mol. The van der Waals surface area contributed by atoms with Crippen LogP contribution < -0.4 is 16.8 Å². The van der Waals surface area contributed by atoms with Gasteiger partial charge in [-0.2, -0.15) is 0 Å². The Morgan fingerprint density at radius 3 is 2.64 bits per heavy atom. The largest absolute Gasteiger partial charge is 0.355 e. The molecule has 0 unspecified atom stereocenters. The highest BCUT2D eigenvalue weighted by Crippen LogP contribution is 1.94. The van der Waals surface area contributed by atoms with Gasteiger partial charge in [0, 0.05) is 6.54 Å². The fourth-order valence-corrected chi connectivity index (χ4v) is 1.19. The van der Waals surface area contributed by atoms with Gasteiger partial charge in [-0.3, -0.25) is 4.79 Å². The van der Waals surface area contributed by atoms with Gasteiger partial charge in [0.25, 0.3) is 0 Å². The van der Waals surface area contributed by atoms with E-state index >= 15 is 0 Å². The molecule has 4 nitrogen and oxygen atoms in total. The second-order valence-electron chi connectivity index (χ2n) is 3.54. The molecule has 0 radical (unpaired) electrons. The second kappa shape index (κ2) is 8.97. The molecular weight excluding hydrogens is 178 g/mol. The van der Waals surface area contributed by atoms with Crippen molar-refractivity contribution in [1.29, 1.82) is 0 Å². The van der Waals surface area contributed by atoms with Crippen LogP contribution in [0.1, 0.15) is 39.0 Å². The van der Waals surface area contributed by atoms with Gasteiger partial charge in [-0.15, -0.1) is 0 Å². The first-order valence-corrected chi connectivity index (χ1v) is 5.45. The number of nitrogens with one attached hydrogen (secondary N) is 1. The lowest BCUT2D eigenvalue weighted by Crippen LogP contribution is -2.41. The maximum atomic E-state index is 11.3. The van der Waals surface area contributed by atoms with Gasteiger partial charge >= 0.3 is 0 Å².